The van der Waals surface area contributed by atoms with Crippen molar-refractivity contribution >= 4 is 29.5 Å². The first kappa shape index (κ1) is 11.9. The lowest BCUT2D eigenvalue weighted by molar-refractivity contribution is 0.683. The molecule has 0 bridgehead atoms. The van der Waals surface area contributed by atoms with E-state index in [1.165, 1.54) is 17.7 Å². The standard InChI is InChI=1S/C12H16N4S2/c1-2-15-11(13-14-12(15)17)16(9-5-6-9)8-10-4-3-7-18-10/h3-4,7,9H,2,5-6,8H2,1H3,(H,14,17). The van der Waals surface area contributed by atoms with E-state index < -0.39 is 0 Å². The van der Waals surface area contributed by atoms with Crippen molar-refractivity contribution in [3.63, 3.8) is 0 Å². The zero-order chi connectivity index (χ0) is 12.5. The highest BCUT2D eigenvalue weighted by molar-refractivity contribution is 7.71. The molecule has 96 valence electrons. The Morgan fingerprint density at radius 1 is 1.61 bits per heavy atom. The number of nitrogens with zero attached hydrogens (tertiary/aromatic N) is 3. The lowest BCUT2D eigenvalue weighted by Crippen LogP contribution is -2.27. The summed E-state index contributed by atoms with van der Waals surface area (Å²) in [4.78, 5) is 3.75. The third-order valence-electron chi connectivity index (χ3n) is 3.21. The van der Waals surface area contributed by atoms with Crippen molar-refractivity contribution in [3.8, 4) is 0 Å². The first-order chi connectivity index (χ1) is 8.79. The zero-order valence-corrected chi connectivity index (χ0v) is 11.9. The second-order valence-electron chi connectivity index (χ2n) is 4.51. The van der Waals surface area contributed by atoms with Crippen LogP contribution < -0.4 is 4.90 Å². The Morgan fingerprint density at radius 3 is 3.06 bits per heavy atom. The molecule has 0 amide bonds. The first-order valence-corrected chi connectivity index (χ1v) is 7.52. The van der Waals surface area contributed by atoms with Gasteiger partial charge in [-0.05, 0) is 43.4 Å². The fourth-order valence-corrected chi connectivity index (χ4v) is 3.09. The van der Waals surface area contributed by atoms with E-state index in [4.69, 9.17) is 12.2 Å². The second kappa shape index (κ2) is 4.85. The van der Waals surface area contributed by atoms with Gasteiger partial charge in [-0.25, -0.2) is 5.10 Å². The fraction of sp³-hybridized carbons (Fsp3) is 0.500. The maximum Gasteiger partial charge on any atom is 0.226 e. The van der Waals surface area contributed by atoms with Gasteiger partial charge in [0, 0.05) is 17.5 Å². The molecule has 6 heteroatoms. The van der Waals surface area contributed by atoms with E-state index >= 15 is 0 Å². The molecule has 2 heterocycles. The maximum atomic E-state index is 5.27. The van der Waals surface area contributed by atoms with Crippen molar-refractivity contribution < 1.29 is 0 Å². The van der Waals surface area contributed by atoms with Crippen LogP contribution in [0, 0.1) is 4.77 Å². The summed E-state index contributed by atoms with van der Waals surface area (Å²) < 4.78 is 2.78. The summed E-state index contributed by atoms with van der Waals surface area (Å²) in [5.41, 5.74) is 0. The van der Waals surface area contributed by atoms with Gasteiger partial charge in [0.2, 0.25) is 5.95 Å². The predicted molar refractivity (Wildman–Crippen MR) is 76.6 cm³/mol. The van der Waals surface area contributed by atoms with E-state index in [2.05, 4.69) is 44.1 Å². The molecule has 18 heavy (non-hydrogen) atoms. The minimum Gasteiger partial charge on any atom is -0.333 e. The van der Waals surface area contributed by atoms with Crippen LogP contribution >= 0.6 is 23.6 Å². The minimum atomic E-state index is 0.627. The van der Waals surface area contributed by atoms with Gasteiger partial charge in [-0.2, -0.15) is 0 Å². The van der Waals surface area contributed by atoms with E-state index in [1.54, 1.807) is 11.3 Å². The number of rotatable bonds is 5. The summed E-state index contributed by atoms with van der Waals surface area (Å²) in [6.45, 7) is 3.89. The van der Waals surface area contributed by atoms with Gasteiger partial charge in [-0.1, -0.05) is 6.07 Å². The minimum absolute atomic E-state index is 0.627. The average Bonchev–Trinajstić information content (AvgIpc) is 2.95. The van der Waals surface area contributed by atoms with Crippen LogP contribution in [0.5, 0.6) is 0 Å². The molecular formula is C12H16N4S2. The third-order valence-corrected chi connectivity index (χ3v) is 4.38. The summed E-state index contributed by atoms with van der Waals surface area (Å²) in [5.74, 6) is 0.985. The fourth-order valence-electron chi connectivity index (χ4n) is 2.13. The Labute approximate surface area is 115 Å². The van der Waals surface area contributed by atoms with Gasteiger partial charge in [0.1, 0.15) is 0 Å². The Balaban J connectivity index is 1.91. The summed E-state index contributed by atoms with van der Waals surface area (Å²) in [6.07, 6.45) is 2.52. The summed E-state index contributed by atoms with van der Waals surface area (Å²) in [6, 6.07) is 4.90. The molecule has 2 aromatic heterocycles. The molecule has 0 saturated heterocycles. The molecule has 0 aromatic carbocycles. The molecule has 1 aliphatic carbocycles. The number of anilines is 1. The summed E-state index contributed by atoms with van der Waals surface area (Å²) >= 11 is 7.06. The van der Waals surface area contributed by atoms with E-state index in [9.17, 15) is 0 Å². The molecule has 3 rings (SSSR count). The molecule has 2 aromatic rings. The van der Waals surface area contributed by atoms with Gasteiger partial charge in [-0.15, -0.1) is 16.4 Å². The van der Waals surface area contributed by atoms with E-state index in [1.807, 2.05) is 0 Å². The molecule has 0 radical (unpaired) electrons. The van der Waals surface area contributed by atoms with Crippen molar-refractivity contribution in [1.82, 2.24) is 14.8 Å². The largest absolute Gasteiger partial charge is 0.333 e. The van der Waals surface area contributed by atoms with E-state index in [0.717, 1.165) is 19.0 Å². The Bertz CT molecular complexity index is 565. The number of hydrogen-bond acceptors (Lipinski definition) is 4. The first-order valence-electron chi connectivity index (χ1n) is 6.24. The molecular weight excluding hydrogens is 264 g/mol. The molecule has 1 fully saturated rings. The molecule has 1 aliphatic rings. The van der Waals surface area contributed by atoms with Gasteiger partial charge in [0.25, 0.3) is 0 Å². The van der Waals surface area contributed by atoms with Gasteiger partial charge in [0.15, 0.2) is 4.77 Å². The Hall–Kier alpha value is -1.14. The molecule has 1 N–H and O–H groups in total. The number of hydrogen-bond donors (Lipinski definition) is 1. The van der Waals surface area contributed by atoms with Crippen molar-refractivity contribution in [2.75, 3.05) is 4.90 Å². The van der Waals surface area contributed by atoms with E-state index in [0.29, 0.717) is 10.8 Å². The van der Waals surface area contributed by atoms with Crippen molar-refractivity contribution in [2.45, 2.75) is 38.9 Å². The Morgan fingerprint density at radius 2 is 2.44 bits per heavy atom. The van der Waals surface area contributed by atoms with Crippen LogP contribution in [-0.2, 0) is 13.1 Å². The highest BCUT2D eigenvalue weighted by Gasteiger charge is 2.32. The zero-order valence-electron chi connectivity index (χ0n) is 10.3. The van der Waals surface area contributed by atoms with E-state index in [-0.39, 0.29) is 0 Å². The van der Waals surface area contributed by atoms with Crippen LogP contribution in [0.1, 0.15) is 24.6 Å². The quantitative estimate of drug-likeness (QED) is 0.855. The molecule has 0 atom stereocenters. The smallest absolute Gasteiger partial charge is 0.226 e. The van der Waals surface area contributed by atoms with Gasteiger partial charge in [-0.3, -0.25) is 4.57 Å². The topological polar surface area (TPSA) is 36.9 Å². The van der Waals surface area contributed by atoms with Crippen LogP contribution in [0.4, 0.5) is 5.95 Å². The molecule has 0 aliphatic heterocycles. The van der Waals surface area contributed by atoms with Crippen molar-refractivity contribution in [2.24, 2.45) is 0 Å². The second-order valence-corrected chi connectivity index (χ2v) is 5.93. The number of H-pyrrole nitrogens is 1. The predicted octanol–water partition coefficient (Wildman–Crippen LogP) is 3.19. The highest BCUT2D eigenvalue weighted by Crippen LogP contribution is 2.32. The molecule has 4 nitrogen and oxygen atoms in total. The Kier molecular flexibility index (Phi) is 3.22. The SMILES string of the molecule is CCn1c(N(Cc2cccs2)C2CC2)n[nH]c1=S. The summed E-state index contributed by atoms with van der Waals surface area (Å²) in [7, 11) is 0. The van der Waals surface area contributed by atoms with Crippen LogP contribution in [0.3, 0.4) is 0 Å². The van der Waals surface area contributed by atoms with Crippen LogP contribution in [-0.4, -0.2) is 20.8 Å². The summed E-state index contributed by atoms with van der Waals surface area (Å²) in [5, 5.41) is 9.44. The van der Waals surface area contributed by atoms with Gasteiger partial charge >= 0.3 is 0 Å². The lowest BCUT2D eigenvalue weighted by Gasteiger charge is -2.22. The van der Waals surface area contributed by atoms with Crippen LogP contribution in [0.15, 0.2) is 17.5 Å². The lowest BCUT2D eigenvalue weighted by atomic mass is 10.4. The molecule has 0 unspecified atom stereocenters. The third kappa shape index (κ3) is 2.22. The number of thiophene rings is 1. The molecule has 0 spiro atoms. The monoisotopic (exact) mass is 280 g/mol. The number of aromatic amines is 1. The number of aromatic nitrogens is 3. The highest BCUT2D eigenvalue weighted by atomic mass is 32.1. The normalized spacial score (nSPS) is 14.9. The van der Waals surface area contributed by atoms with Crippen molar-refractivity contribution in [1.29, 1.82) is 0 Å². The molecule has 1 saturated carbocycles. The van der Waals surface area contributed by atoms with Crippen LogP contribution in [0.2, 0.25) is 0 Å². The van der Waals surface area contributed by atoms with Crippen molar-refractivity contribution in [3.05, 3.63) is 27.2 Å². The van der Waals surface area contributed by atoms with Crippen LogP contribution in [0.25, 0.3) is 0 Å². The maximum absolute atomic E-state index is 5.27. The number of nitrogens with one attached hydrogen (secondary N) is 1. The van der Waals surface area contributed by atoms with Gasteiger partial charge in [0.05, 0.1) is 6.54 Å². The van der Waals surface area contributed by atoms with Gasteiger partial charge < -0.3 is 4.90 Å². The average molecular weight is 280 g/mol.